The van der Waals surface area contributed by atoms with Gasteiger partial charge in [0, 0.05) is 13.1 Å². The number of ether oxygens (including phenoxy) is 1. The maximum absolute atomic E-state index is 12.1. The van der Waals surface area contributed by atoms with Crippen LogP contribution in [0, 0.1) is 0 Å². The molecule has 2 rings (SSSR count). The fourth-order valence-electron chi connectivity index (χ4n) is 2.71. The van der Waals surface area contributed by atoms with E-state index in [4.69, 9.17) is 10.3 Å². The highest BCUT2D eigenvalue weighted by molar-refractivity contribution is 6.34. The molecule has 1 aromatic carbocycles. The molecule has 1 aliphatic rings. The molecule has 0 saturated heterocycles. The summed E-state index contributed by atoms with van der Waals surface area (Å²) < 4.78 is 5.36. The number of hydrogen-bond donors (Lipinski definition) is 0. The number of hydrogen-bond acceptors (Lipinski definition) is 3. The highest BCUT2D eigenvalue weighted by Gasteiger charge is 2.28. The summed E-state index contributed by atoms with van der Waals surface area (Å²) in [7, 11) is 0. The van der Waals surface area contributed by atoms with Crippen LogP contribution in [0.15, 0.2) is 24.3 Å². The summed E-state index contributed by atoms with van der Waals surface area (Å²) in [5.74, 6) is -0.518. The summed E-state index contributed by atoms with van der Waals surface area (Å²) >= 11 is 0. The molecule has 0 radical (unpaired) electrons. The van der Waals surface area contributed by atoms with Crippen LogP contribution in [0.25, 0.3) is 5.53 Å². The lowest BCUT2D eigenvalue weighted by Crippen LogP contribution is -2.39. The average Bonchev–Trinajstić information content (AvgIpc) is 2.57. The molecule has 0 aromatic heterocycles. The van der Waals surface area contributed by atoms with E-state index in [-0.39, 0.29) is 11.8 Å². The van der Waals surface area contributed by atoms with Crippen molar-refractivity contribution in [2.24, 2.45) is 0 Å². The number of esters is 1. The summed E-state index contributed by atoms with van der Waals surface area (Å²) in [5, 5.41) is 0. The van der Waals surface area contributed by atoms with Gasteiger partial charge in [0.15, 0.2) is 0 Å². The van der Waals surface area contributed by atoms with Crippen LogP contribution in [0.3, 0.4) is 0 Å². The van der Waals surface area contributed by atoms with E-state index < -0.39 is 5.97 Å². The molecule has 0 atom stereocenters. The third-order valence-electron chi connectivity index (χ3n) is 4.12. The highest BCUT2D eigenvalue weighted by Crippen LogP contribution is 2.18. The minimum Gasteiger partial charge on any atom is -0.454 e. The molecule has 0 amide bonds. The molecule has 1 aliphatic heterocycles. The molecular weight excluding hydrogens is 278 g/mol. The van der Waals surface area contributed by atoms with Crippen molar-refractivity contribution in [2.75, 3.05) is 13.1 Å². The number of benzene rings is 1. The quantitative estimate of drug-likeness (QED) is 0.351. The largest absolute Gasteiger partial charge is 0.454 e. The fraction of sp³-hybridized carbons (Fsp3) is 0.529. The lowest BCUT2D eigenvalue weighted by Gasteiger charge is -2.27. The van der Waals surface area contributed by atoms with Crippen LogP contribution in [0.5, 0.6) is 0 Å². The van der Waals surface area contributed by atoms with E-state index in [0.717, 1.165) is 32.4 Å². The second-order valence-electron chi connectivity index (χ2n) is 5.62. The van der Waals surface area contributed by atoms with Crippen molar-refractivity contribution in [1.82, 2.24) is 4.90 Å². The van der Waals surface area contributed by atoms with Gasteiger partial charge in [-0.2, -0.15) is 4.79 Å². The van der Waals surface area contributed by atoms with Crippen molar-refractivity contribution in [3.63, 3.8) is 0 Å². The van der Waals surface area contributed by atoms with Gasteiger partial charge in [-0.25, -0.2) is 4.79 Å². The van der Waals surface area contributed by atoms with Crippen molar-refractivity contribution in [3.8, 4) is 0 Å². The van der Waals surface area contributed by atoms with Gasteiger partial charge in [0.05, 0.1) is 0 Å². The van der Waals surface area contributed by atoms with Crippen LogP contribution in [0.2, 0.25) is 0 Å². The van der Waals surface area contributed by atoms with Crippen molar-refractivity contribution in [1.29, 1.82) is 0 Å². The zero-order valence-corrected chi connectivity index (χ0v) is 13.3. The van der Waals surface area contributed by atoms with E-state index in [1.165, 1.54) is 11.1 Å². The van der Waals surface area contributed by atoms with Crippen molar-refractivity contribution in [3.05, 3.63) is 40.9 Å². The van der Waals surface area contributed by atoms with Crippen LogP contribution in [-0.2, 0) is 22.5 Å². The molecule has 0 fully saturated rings. The zero-order chi connectivity index (χ0) is 15.9. The van der Waals surface area contributed by atoms with Crippen LogP contribution < -0.4 is 0 Å². The standard InChI is InChI=1S/C17H23N3O2/c1-3-15(4-2)22-17(21)16(19-18)12-20-10-9-13-7-5-6-8-14(13)11-20/h5-8,15H,3-4,9-12H2,1-2H3. The minimum atomic E-state index is -0.518. The van der Waals surface area contributed by atoms with Gasteiger partial charge in [-0.1, -0.05) is 38.1 Å². The monoisotopic (exact) mass is 301 g/mol. The Balaban J connectivity index is 1.97. The third kappa shape index (κ3) is 4.03. The van der Waals surface area contributed by atoms with Gasteiger partial charge in [-0.15, -0.1) is 0 Å². The Morgan fingerprint density at radius 2 is 2.00 bits per heavy atom. The van der Waals surface area contributed by atoms with E-state index in [9.17, 15) is 4.79 Å². The molecule has 0 aliphatic carbocycles. The number of carbonyl (C=O) groups is 1. The molecule has 0 spiro atoms. The van der Waals surface area contributed by atoms with E-state index >= 15 is 0 Å². The first-order valence-electron chi connectivity index (χ1n) is 7.88. The molecule has 0 bridgehead atoms. The van der Waals surface area contributed by atoms with Crippen molar-refractivity contribution in [2.45, 2.75) is 45.8 Å². The smallest absolute Gasteiger partial charge is 0.418 e. The van der Waals surface area contributed by atoms with E-state index in [1.807, 2.05) is 26.0 Å². The summed E-state index contributed by atoms with van der Waals surface area (Å²) in [6, 6.07) is 8.29. The van der Waals surface area contributed by atoms with Crippen LogP contribution in [-0.4, -0.2) is 40.6 Å². The molecule has 5 heteroatoms. The Hall–Kier alpha value is -1.97. The molecular formula is C17H23N3O2. The number of nitrogens with zero attached hydrogens (tertiary/aromatic N) is 3. The van der Waals surface area contributed by atoms with Crippen molar-refractivity contribution < 1.29 is 14.3 Å². The molecule has 5 nitrogen and oxygen atoms in total. The minimum absolute atomic E-state index is 0.0753. The molecule has 22 heavy (non-hydrogen) atoms. The Morgan fingerprint density at radius 1 is 1.32 bits per heavy atom. The van der Waals surface area contributed by atoms with Gasteiger partial charge in [0.2, 0.25) is 0 Å². The van der Waals surface area contributed by atoms with E-state index in [1.54, 1.807) is 0 Å². The maximum atomic E-state index is 12.1. The lowest BCUT2D eigenvalue weighted by molar-refractivity contribution is -0.146. The Kier molecular flexibility index (Phi) is 5.87. The lowest BCUT2D eigenvalue weighted by atomic mass is 10.00. The second-order valence-corrected chi connectivity index (χ2v) is 5.62. The topological polar surface area (TPSA) is 65.9 Å². The molecule has 0 saturated carbocycles. The third-order valence-corrected chi connectivity index (χ3v) is 4.12. The van der Waals surface area contributed by atoms with Crippen LogP contribution in [0.1, 0.15) is 37.8 Å². The normalized spacial score (nSPS) is 14.3. The average molecular weight is 301 g/mol. The van der Waals surface area contributed by atoms with Crippen LogP contribution in [0.4, 0.5) is 0 Å². The molecule has 0 unspecified atom stereocenters. The number of rotatable bonds is 6. The predicted octanol–water partition coefficient (Wildman–Crippen LogP) is 2.45. The highest BCUT2D eigenvalue weighted by atomic mass is 16.5. The first kappa shape index (κ1) is 16.4. The maximum Gasteiger partial charge on any atom is 0.418 e. The summed E-state index contributed by atoms with van der Waals surface area (Å²) in [6.07, 6.45) is 2.35. The van der Waals surface area contributed by atoms with E-state index in [2.05, 4.69) is 21.8 Å². The Labute approximate surface area is 131 Å². The number of fused-ring (bicyclic) bond motifs is 1. The Morgan fingerprint density at radius 3 is 2.64 bits per heavy atom. The SMILES string of the molecule is CCC(CC)OC(=O)C(CN1CCc2ccccc2C1)=[N+]=[N-]. The number of carbonyl (C=O) groups excluding carboxylic acids is 1. The first-order chi connectivity index (χ1) is 10.7. The summed E-state index contributed by atoms with van der Waals surface area (Å²) in [6.45, 7) is 5.85. The summed E-state index contributed by atoms with van der Waals surface area (Å²) in [4.78, 5) is 17.3. The Bertz CT molecular complexity index is 575. The fourth-order valence-corrected chi connectivity index (χ4v) is 2.71. The summed E-state index contributed by atoms with van der Waals surface area (Å²) in [5.41, 5.74) is 11.8. The van der Waals surface area contributed by atoms with Gasteiger partial charge in [-0.3, -0.25) is 4.90 Å². The zero-order valence-electron chi connectivity index (χ0n) is 13.3. The predicted molar refractivity (Wildman–Crippen MR) is 84.5 cm³/mol. The second kappa shape index (κ2) is 7.87. The van der Waals surface area contributed by atoms with Crippen LogP contribution >= 0.6 is 0 Å². The molecule has 0 N–H and O–H groups in total. The first-order valence-corrected chi connectivity index (χ1v) is 7.88. The van der Waals surface area contributed by atoms with Crippen molar-refractivity contribution >= 4 is 11.7 Å². The molecule has 118 valence electrons. The molecule has 1 heterocycles. The van der Waals surface area contributed by atoms with E-state index in [0.29, 0.717) is 6.54 Å². The van der Waals surface area contributed by atoms with Gasteiger partial charge < -0.3 is 10.3 Å². The molecule has 1 aromatic rings. The van der Waals surface area contributed by atoms with Gasteiger partial charge >= 0.3 is 11.7 Å². The van der Waals surface area contributed by atoms with Gasteiger partial charge in [0.1, 0.15) is 12.6 Å². The van der Waals surface area contributed by atoms with Gasteiger partial charge in [-0.05, 0) is 30.4 Å². The van der Waals surface area contributed by atoms with Gasteiger partial charge in [0.25, 0.3) is 0 Å².